The number of piperidine rings is 1. The summed E-state index contributed by atoms with van der Waals surface area (Å²) in [5.41, 5.74) is -0.847. The van der Waals surface area contributed by atoms with Crippen LogP contribution in [-0.2, 0) is 4.79 Å². The Kier molecular flexibility index (Phi) is 5.60. The molecular formula is C16H27N3O2. The molecule has 2 fully saturated rings. The number of carbonyl (C=O) groups is 1. The van der Waals surface area contributed by atoms with Gasteiger partial charge in [-0.3, -0.25) is 4.79 Å². The summed E-state index contributed by atoms with van der Waals surface area (Å²) in [5, 5.41) is 22.1. The number of hydrogen-bond donors (Lipinski definition) is 2. The van der Waals surface area contributed by atoms with E-state index in [-0.39, 0.29) is 12.5 Å². The maximum absolute atomic E-state index is 12.2. The lowest BCUT2D eigenvalue weighted by Crippen LogP contribution is -2.46. The minimum Gasteiger partial charge on any atom is -0.390 e. The SMILES string of the molecule is CC1CCN(CC(O)CNC(=O)C2(C#N)CCCC2)CC1. The summed E-state index contributed by atoms with van der Waals surface area (Å²) in [4.78, 5) is 14.4. The monoisotopic (exact) mass is 293 g/mol. The van der Waals surface area contributed by atoms with Gasteiger partial charge >= 0.3 is 0 Å². The standard InChI is InChI=1S/C16H27N3O2/c1-13-4-8-19(9-5-13)11-14(20)10-18-15(21)16(12-17)6-2-3-7-16/h13-14,20H,2-11H2,1H3,(H,18,21). The molecule has 118 valence electrons. The van der Waals surface area contributed by atoms with E-state index in [0.717, 1.165) is 31.8 Å². The number of rotatable bonds is 5. The second kappa shape index (κ2) is 7.24. The van der Waals surface area contributed by atoms with Crippen molar-refractivity contribution >= 4 is 5.91 Å². The quantitative estimate of drug-likeness (QED) is 0.800. The number of nitrogens with one attached hydrogen (secondary N) is 1. The minimum absolute atomic E-state index is 0.200. The van der Waals surface area contributed by atoms with Crippen LogP contribution in [-0.4, -0.2) is 48.2 Å². The summed E-state index contributed by atoms with van der Waals surface area (Å²) < 4.78 is 0. The first-order valence-electron chi connectivity index (χ1n) is 8.16. The van der Waals surface area contributed by atoms with Crippen molar-refractivity contribution in [2.45, 2.75) is 51.6 Å². The van der Waals surface area contributed by atoms with E-state index < -0.39 is 11.5 Å². The van der Waals surface area contributed by atoms with Gasteiger partial charge in [0.1, 0.15) is 5.41 Å². The topological polar surface area (TPSA) is 76.4 Å². The lowest BCUT2D eigenvalue weighted by molar-refractivity contribution is -0.128. The van der Waals surface area contributed by atoms with Crippen molar-refractivity contribution in [3.8, 4) is 6.07 Å². The number of amides is 1. The Hall–Kier alpha value is -1.12. The van der Waals surface area contributed by atoms with Crippen LogP contribution in [0.2, 0.25) is 0 Å². The number of aliphatic hydroxyl groups excluding tert-OH is 1. The van der Waals surface area contributed by atoms with Crippen molar-refractivity contribution in [1.29, 1.82) is 5.26 Å². The van der Waals surface area contributed by atoms with Crippen LogP contribution in [0, 0.1) is 22.7 Å². The van der Waals surface area contributed by atoms with Crippen LogP contribution in [0.15, 0.2) is 0 Å². The molecule has 1 amide bonds. The van der Waals surface area contributed by atoms with Crippen molar-refractivity contribution in [2.24, 2.45) is 11.3 Å². The zero-order valence-corrected chi connectivity index (χ0v) is 13.0. The number of nitrogens with zero attached hydrogens (tertiary/aromatic N) is 2. The summed E-state index contributed by atoms with van der Waals surface area (Å²) in [6.07, 6.45) is 4.97. The van der Waals surface area contributed by atoms with Gasteiger partial charge in [-0.05, 0) is 44.7 Å². The largest absolute Gasteiger partial charge is 0.390 e. The summed E-state index contributed by atoms with van der Waals surface area (Å²) in [5.74, 6) is 0.574. The Morgan fingerprint density at radius 2 is 2.05 bits per heavy atom. The van der Waals surface area contributed by atoms with E-state index in [1.165, 1.54) is 12.8 Å². The molecule has 5 nitrogen and oxygen atoms in total. The summed E-state index contributed by atoms with van der Waals surface area (Å²) in [6.45, 7) is 5.15. The van der Waals surface area contributed by atoms with Crippen LogP contribution >= 0.6 is 0 Å². The number of hydrogen-bond acceptors (Lipinski definition) is 4. The fourth-order valence-corrected chi connectivity index (χ4v) is 3.36. The highest BCUT2D eigenvalue weighted by Gasteiger charge is 2.41. The molecule has 0 spiro atoms. The second-order valence-corrected chi connectivity index (χ2v) is 6.75. The maximum atomic E-state index is 12.2. The van der Waals surface area contributed by atoms with Gasteiger partial charge in [0.05, 0.1) is 12.2 Å². The molecule has 2 aliphatic rings. The summed E-state index contributed by atoms with van der Waals surface area (Å²) in [6, 6.07) is 2.18. The fourth-order valence-electron chi connectivity index (χ4n) is 3.36. The molecular weight excluding hydrogens is 266 g/mol. The molecule has 5 heteroatoms. The molecule has 1 saturated carbocycles. The normalized spacial score (nSPS) is 24.4. The number of carbonyl (C=O) groups excluding carboxylic acids is 1. The van der Waals surface area contributed by atoms with Crippen LogP contribution in [0.25, 0.3) is 0 Å². The smallest absolute Gasteiger partial charge is 0.240 e. The molecule has 1 unspecified atom stereocenters. The molecule has 1 aliphatic heterocycles. The highest BCUT2D eigenvalue weighted by Crippen LogP contribution is 2.37. The number of β-amino-alcohol motifs (C(OH)–C–C–N with tert-alkyl or cyclic N) is 1. The van der Waals surface area contributed by atoms with E-state index in [1.54, 1.807) is 0 Å². The first-order valence-corrected chi connectivity index (χ1v) is 8.16. The van der Waals surface area contributed by atoms with Crippen molar-refractivity contribution in [2.75, 3.05) is 26.2 Å². The lowest BCUT2D eigenvalue weighted by Gasteiger charge is -2.31. The Labute approximate surface area is 127 Å². The average molecular weight is 293 g/mol. The zero-order valence-electron chi connectivity index (χ0n) is 13.0. The number of aliphatic hydroxyl groups is 1. The van der Waals surface area contributed by atoms with Gasteiger partial charge in [0, 0.05) is 13.1 Å². The van der Waals surface area contributed by atoms with Crippen LogP contribution in [0.3, 0.4) is 0 Å². The predicted molar refractivity (Wildman–Crippen MR) is 80.4 cm³/mol. The maximum Gasteiger partial charge on any atom is 0.240 e. The van der Waals surface area contributed by atoms with E-state index in [9.17, 15) is 15.2 Å². The third-order valence-electron chi connectivity index (χ3n) is 4.95. The molecule has 0 aromatic carbocycles. The van der Waals surface area contributed by atoms with Crippen LogP contribution < -0.4 is 5.32 Å². The van der Waals surface area contributed by atoms with Gasteiger partial charge in [-0.25, -0.2) is 0 Å². The van der Waals surface area contributed by atoms with Gasteiger partial charge in [-0.15, -0.1) is 0 Å². The molecule has 2 N–H and O–H groups in total. The minimum atomic E-state index is -0.847. The van der Waals surface area contributed by atoms with Crippen molar-refractivity contribution in [1.82, 2.24) is 10.2 Å². The molecule has 1 atom stereocenters. The van der Waals surface area contributed by atoms with Gasteiger partial charge in [0.25, 0.3) is 0 Å². The third-order valence-corrected chi connectivity index (χ3v) is 4.95. The Bertz CT molecular complexity index is 391. The first-order chi connectivity index (χ1) is 10.1. The molecule has 1 aliphatic carbocycles. The zero-order chi connectivity index (χ0) is 15.3. The summed E-state index contributed by atoms with van der Waals surface area (Å²) in [7, 11) is 0. The van der Waals surface area contributed by atoms with E-state index >= 15 is 0 Å². The predicted octanol–water partition coefficient (Wildman–Crippen LogP) is 1.28. The molecule has 0 aromatic heterocycles. The summed E-state index contributed by atoms with van der Waals surface area (Å²) >= 11 is 0. The Balaban J connectivity index is 1.72. The second-order valence-electron chi connectivity index (χ2n) is 6.75. The molecule has 0 aromatic rings. The lowest BCUT2D eigenvalue weighted by atomic mass is 9.87. The highest BCUT2D eigenvalue weighted by atomic mass is 16.3. The van der Waals surface area contributed by atoms with Crippen LogP contribution in [0.4, 0.5) is 0 Å². The van der Waals surface area contributed by atoms with E-state index in [2.05, 4.69) is 23.2 Å². The molecule has 0 bridgehead atoms. The van der Waals surface area contributed by atoms with E-state index in [0.29, 0.717) is 19.4 Å². The van der Waals surface area contributed by atoms with Gasteiger partial charge in [-0.2, -0.15) is 5.26 Å². The number of nitriles is 1. The van der Waals surface area contributed by atoms with Crippen molar-refractivity contribution in [3.63, 3.8) is 0 Å². The van der Waals surface area contributed by atoms with E-state index in [4.69, 9.17) is 0 Å². The van der Waals surface area contributed by atoms with Crippen LogP contribution in [0.1, 0.15) is 45.4 Å². The number of likely N-dealkylation sites (tertiary alicyclic amines) is 1. The highest BCUT2D eigenvalue weighted by molar-refractivity contribution is 5.85. The molecule has 21 heavy (non-hydrogen) atoms. The molecule has 1 heterocycles. The van der Waals surface area contributed by atoms with Crippen molar-refractivity contribution < 1.29 is 9.90 Å². The van der Waals surface area contributed by atoms with Gasteiger partial charge in [0.2, 0.25) is 5.91 Å². The van der Waals surface area contributed by atoms with Gasteiger partial charge in [-0.1, -0.05) is 19.8 Å². The Morgan fingerprint density at radius 1 is 1.43 bits per heavy atom. The molecule has 2 rings (SSSR count). The van der Waals surface area contributed by atoms with Crippen LogP contribution in [0.5, 0.6) is 0 Å². The third kappa shape index (κ3) is 4.18. The molecule has 0 radical (unpaired) electrons. The van der Waals surface area contributed by atoms with Gasteiger partial charge < -0.3 is 15.3 Å². The van der Waals surface area contributed by atoms with Crippen molar-refractivity contribution in [3.05, 3.63) is 0 Å². The Morgan fingerprint density at radius 3 is 2.62 bits per heavy atom. The average Bonchev–Trinajstić information content (AvgIpc) is 2.97. The fraction of sp³-hybridized carbons (Fsp3) is 0.875. The van der Waals surface area contributed by atoms with Gasteiger partial charge in [0.15, 0.2) is 0 Å². The van der Waals surface area contributed by atoms with E-state index in [1.807, 2.05) is 0 Å². The molecule has 1 saturated heterocycles. The first kappa shape index (κ1) is 16.3.